The summed E-state index contributed by atoms with van der Waals surface area (Å²) in [5.74, 6) is -1.36. The average Bonchev–Trinajstić information content (AvgIpc) is 2.54. The van der Waals surface area contributed by atoms with Crippen molar-refractivity contribution in [2.75, 3.05) is 11.9 Å². The van der Waals surface area contributed by atoms with Crippen LogP contribution in [0, 0.1) is 0 Å². The molecule has 24 heavy (non-hydrogen) atoms. The molecule has 126 valence electrons. The van der Waals surface area contributed by atoms with E-state index in [2.05, 4.69) is 15.0 Å². The zero-order chi connectivity index (χ0) is 17.5. The van der Waals surface area contributed by atoms with Gasteiger partial charge in [-0.15, -0.1) is 0 Å². The Labute approximate surface area is 140 Å². The van der Waals surface area contributed by atoms with E-state index in [0.29, 0.717) is 5.69 Å². The van der Waals surface area contributed by atoms with Crippen molar-refractivity contribution in [1.29, 1.82) is 0 Å². The van der Waals surface area contributed by atoms with Crippen molar-refractivity contribution < 1.29 is 27.8 Å². The SMILES string of the molecule is O=C(COC(=O)c1ccnc(Cl)c1)Nc1ccc(OC(F)F)cc1. The molecular weight excluding hydrogens is 346 g/mol. The highest BCUT2D eigenvalue weighted by atomic mass is 35.5. The zero-order valence-corrected chi connectivity index (χ0v) is 12.8. The molecule has 2 rings (SSSR count). The lowest BCUT2D eigenvalue weighted by atomic mass is 10.3. The highest BCUT2D eigenvalue weighted by Crippen LogP contribution is 2.17. The predicted octanol–water partition coefficient (Wildman–Crippen LogP) is 3.13. The number of hydrogen-bond donors (Lipinski definition) is 1. The highest BCUT2D eigenvalue weighted by Gasteiger charge is 2.11. The molecule has 2 aromatic rings. The van der Waals surface area contributed by atoms with Crippen LogP contribution in [0.3, 0.4) is 0 Å². The van der Waals surface area contributed by atoms with E-state index in [-0.39, 0.29) is 16.5 Å². The number of amides is 1. The Morgan fingerprint density at radius 1 is 1.21 bits per heavy atom. The molecule has 0 unspecified atom stereocenters. The van der Waals surface area contributed by atoms with Crippen LogP contribution in [0.5, 0.6) is 5.75 Å². The molecule has 0 saturated heterocycles. The minimum absolute atomic E-state index is 0.0380. The Bertz CT molecular complexity index is 726. The highest BCUT2D eigenvalue weighted by molar-refractivity contribution is 6.29. The molecule has 1 aromatic heterocycles. The maximum absolute atomic E-state index is 12.0. The van der Waals surface area contributed by atoms with E-state index >= 15 is 0 Å². The van der Waals surface area contributed by atoms with Crippen molar-refractivity contribution in [1.82, 2.24) is 4.98 Å². The van der Waals surface area contributed by atoms with Crippen molar-refractivity contribution in [3.05, 3.63) is 53.3 Å². The number of aromatic nitrogens is 1. The lowest BCUT2D eigenvalue weighted by Gasteiger charge is -2.08. The third-order valence-electron chi connectivity index (χ3n) is 2.66. The van der Waals surface area contributed by atoms with Crippen LogP contribution < -0.4 is 10.1 Å². The molecular formula is C15H11ClF2N2O4. The molecule has 9 heteroatoms. The van der Waals surface area contributed by atoms with Gasteiger partial charge >= 0.3 is 12.6 Å². The normalized spacial score (nSPS) is 10.3. The second-order valence-corrected chi connectivity index (χ2v) is 4.78. The fraction of sp³-hybridized carbons (Fsp3) is 0.133. The van der Waals surface area contributed by atoms with Crippen LogP contribution in [0.1, 0.15) is 10.4 Å². The summed E-state index contributed by atoms with van der Waals surface area (Å²) < 4.78 is 33.1. The summed E-state index contributed by atoms with van der Waals surface area (Å²) in [4.78, 5) is 27.1. The van der Waals surface area contributed by atoms with Crippen LogP contribution in [0.2, 0.25) is 5.15 Å². The molecule has 0 aliphatic rings. The lowest BCUT2D eigenvalue weighted by molar-refractivity contribution is -0.119. The van der Waals surface area contributed by atoms with Gasteiger partial charge in [-0.3, -0.25) is 4.79 Å². The summed E-state index contributed by atoms with van der Waals surface area (Å²) >= 11 is 5.65. The zero-order valence-electron chi connectivity index (χ0n) is 12.0. The summed E-state index contributed by atoms with van der Waals surface area (Å²) in [7, 11) is 0. The van der Waals surface area contributed by atoms with E-state index in [1.54, 1.807) is 0 Å². The second kappa shape index (κ2) is 8.21. The van der Waals surface area contributed by atoms with Gasteiger partial charge in [-0.25, -0.2) is 9.78 Å². The number of pyridine rings is 1. The van der Waals surface area contributed by atoms with E-state index in [1.807, 2.05) is 0 Å². The van der Waals surface area contributed by atoms with Gasteiger partial charge in [0.1, 0.15) is 10.9 Å². The molecule has 0 saturated carbocycles. The minimum Gasteiger partial charge on any atom is -0.452 e. The number of benzene rings is 1. The van der Waals surface area contributed by atoms with E-state index in [1.165, 1.54) is 42.6 Å². The van der Waals surface area contributed by atoms with Crippen molar-refractivity contribution >= 4 is 29.2 Å². The first-order valence-electron chi connectivity index (χ1n) is 6.57. The van der Waals surface area contributed by atoms with Crippen molar-refractivity contribution in [2.45, 2.75) is 6.61 Å². The first kappa shape index (κ1) is 17.6. The molecule has 0 aliphatic carbocycles. The van der Waals surface area contributed by atoms with E-state index in [0.717, 1.165) is 0 Å². The van der Waals surface area contributed by atoms with Gasteiger partial charge in [0.05, 0.1) is 5.56 Å². The maximum atomic E-state index is 12.0. The number of carbonyl (C=O) groups is 2. The number of rotatable bonds is 6. The molecule has 1 N–H and O–H groups in total. The van der Waals surface area contributed by atoms with Crippen LogP contribution in [0.15, 0.2) is 42.6 Å². The standard InChI is InChI=1S/C15H11ClF2N2O4/c16-12-7-9(5-6-19-12)14(22)23-8-13(21)20-10-1-3-11(4-2-10)24-15(17)18/h1-7,15H,8H2,(H,20,21). The summed E-state index contributed by atoms with van der Waals surface area (Å²) in [6.07, 6.45) is 1.34. The van der Waals surface area contributed by atoms with Crippen molar-refractivity contribution in [3.8, 4) is 5.75 Å². The number of halogens is 3. The van der Waals surface area contributed by atoms with Crippen LogP contribution in [-0.2, 0) is 9.53 Å². The second-order valence-electron chi connectivity index (χ2n) is 4.39. The molecule has 0 bridgehead atoms. The van der Waals surface area contributed by atoms with Gasteiger partial charge in [0.2, 0.25) is 0 Å². The van der Waals surface area contributed by atoms with Gasteiger partial charge in [0, 0.05) is 11.9 Å². The number of esters is 1. The molecule has 6 nitrogen and oxygen atoms in total. The Balaban J connectivity index is 1.83. The van der Waals surface area contributed by atoms with Gasteiger partial charge in [-0.2, -0.15) is 8.78 Å². The molecule has 0 atom stereocenters. The number of carbonyl (C=O) groups excluding carboxylic acids is 2. The molecule has 0 aliphatic heterocycles. The summed E-state index contributed by atoms with van der Waals surface area (Å²) in [6.45, 7) is -3.44. The third-order valence-corrected chi connectivity index (χ3v) is 2.87. The van der Waals surface area contributed by atoms with Crippen LogP contribution in [0.25, 0.3) is 0 Å². The van der Waals surface area contributed by atoms with Gasteiger partial charge < -0.3 is 14.8 Å². The van der Waals surface area contributed by atoms with Gasteiger partial charge in [0.25, 0.3) is 5.91 Å². The number of hydrogen-bond acceptors (Lipinski definition) is 5. The maximum Gasteiger partial charge on any atom is 0.387 e. The topological polar surface area (TPSA) is 77.5 Å². The molecule has 1 heterocycles. The smallest absolute Gasteiger partial charge is 0.387 e. The Morgan fingerprint density at radius 2 is 1.92 bits per heavy atom. The van der Waals surface area contributed by atoms with Crippen molar-refractivity contribution in [3.63, 3.8) is 0 Å². The predicted molar refractivity (Wildman–Crippen MR) is 81.2 cm³/mol. The minimum atomic E-state index is -2.92. The third kappa shape index (κ3) is 5.47. The van der Waals surface area contributed by atoms with Crippen LogP contribution >= 0.6 is 11.6 Å². The number of nitrogens with one attached hydrogen (secondary N) is 1. The first-order chi connectivity index (χ1) is 11.4. The molecule has 1 aromatic carbocycles. The molecule has 1 amide bonds. The number of alkyl halides is 2. The van der Waals surface area contributed by atoms with Gasteiger partial charge in [0.15, 0.2) is 6.61 Å². The Kier molecular flexibility index (Phi) is 6.02. The monoisotopic (exact) mass is 356 g/mol. The van der Waals surface area contributed by atoms with E-state index < -0.39 is 25.1 Å². The summed E-state index contributed by atoms with van der Waals surface area (Å²) in [6, 6.07) is 8.00. The van der Waals surface area contributed by atoms with E-state index in [4.69, 9.17) is 16.3 Å². The summed E-state index contributed by atoms with van der Waals surface area (Å²) in [5.41, 5.74) is 0.501. The van der Waals surface area contributed by atoms with Gasteiger partial charge in [-0.1, -0.05) is 11.6 Å². The Morgan fingerprint density at radius 3 is 2.54 bits per heavy atom. The fourth-order valence-electron chi connectivity index (χ4n) is 1.66. The van der Waals surface area contributed by atoms with Crippen LogP contribution in [-0.4, -0.2) is 30.1 Å². The molecule has 0 spiro atoms. The van der Waals surface area contributed by atoms with Crippen LogP contribution in [0.4, 0.5) is 14.5 Å². The number of nitrogens with zero attached hydrogens (tertiary/aromatic N) is 1. The largest absolute Gasteiger partial charge is 0.452 e. The first-order valence-corrected chi connectivity index (χ1v) is 6.95. The average molecular weight is 357 g/mol. The van der Waals surface area contributed by atoms with E-state index in [9.17, 15) is 18.4 Å². The molecule has 0 radical (unpaired) electrons. The fourth-order valence-corrected chi connectivity index (χ4v) is 1.83. The number of ether oxygens (including phenoxy) is 2. The lowest BCUT2D eigenvalue weighted by Crippen LogP contribution is -2.20. The quantitative estimate of drug-likeness (QED) is 0.635. The number of anilines is 1. The summed E-state index contributed by atoms with van der Waals surface area (Å²) in [5, 5.41) is 2.57. The van der Waals surface area contributed by atoms with Gasteiger partial charge in [-0.05, 0) is 36.4 Å². The molecule has 0 fully saturated rings. The Hall–Kier alpha value is -2.74. The van der Waals surface area contributed by atoms with Crippen molar-refractivity contribution in [2.24, 2.45) is 0 Å².